The van der Waals surface area contributed by atoms with Crippen LogP contribution in [0.2, 0.25) is 0 Å². The Morgan fingerprint density at radius 2 is 1.21 bits per heavy atom. The molecule has 0 amide bonds. The SMILES string of the molecule is C=C(C)C(=O)OC(CS(=O)(=O)c1ccc(F)cc1)CS(=O)(=O)c1ccc(F)cc1. The van der Waals surface area contributed by atoms with Crippen molar-refractivity contribution >= 4 is 25.6 Å². The monoisotopic (exact) mass is 444 g/mol. The molecule has 6 nitrogen and oxygen atoms in total. The van der Waals surface area contributed by atoms with Gasteiger partial charge in [-0.05, 0) is 55.5 Å². The highest BCUT2D eigenvalue weighted by Crippen LogP contribution is 2.19. The van der Waals surface area contributed by atoms with Crippen molar-refractivity contribution in [2.75, 3.05) is 11.5 Å². The van der Waals surface area contributed by atoms with Crippen LogP contribution in [-0.4, -0.2) is 40.4 Å². The van der Waals surface area contributed by atoms with Gasteiger partial charge in [-0.25, -0.2) is 30.4 Å². The van der Waals surface area contributed by atoms with Gasteiger partial charge in [-0.1, -0.05) is 6.58 Å². The molecule has 156 valence electrons. The molecule has 0 radical (unpaired) electrons. The van der Waals surface area contributed by atoms with Crippen molar-refractivity contribution < 1.29 is 35.1 Å². The normalized spacial score (nSPS) is 12.0. The standard InChI is InChI=1S/C19H18F2O6S2/c1-13(2)19(22)27-16(11-28(23,24)17-7-3-14(20)4-8-17)12-29(25,26)18-9-5-15(21)6-10-18/h3-10,16H,1,11-12H2,2H3. The van der Waals surface area contributed by atoms with Crippen molar-refractivity contribution in [1.82, 2.24) is 0 Å². The van der Waals surface area contributed by atoms with Gasteiger partial charge in [0, 0.05) is 5.57 Å². The Hall–Kier alpha value is -2.59. The molecule has 0 spiro atoms. The van der Waals surface area contributed by atoms with E-state index in [0.29, 0.717) is 0 Å². The van der Waals surface area contributed by atoms with Gasteiger partial charge in [0.1, 0.15) is 17.7 Å². The zero-order valence-electron chi connectivity index (χ0n) is 15.3. The Labute approximate surface area is 167 Å². The first-order valence-electron chi connectivity index (χ1n) is 8.24. The van der Waals surface area contributed by atoms with Crippen molar-refractivity contribution in [3.05, 3.63) is 72.3 Å². The van der Waals surface area contributed by atoms with Crippen molar-refractivity contribution in [2.45, 2.75) is 22.8 Å². The minimum Gasteiger partial charge on any atom is -0.457 e. The van der Waals surface area contributed by atoms with E-state index in [1.807, 2.05) is 0 Å². The summed E-state index contributed by atoms with van der Waals surface area (Å²) in [5.41, 5.74) is -0.0478. The molecule has 2 aromatic rings. The van der Waals surface area contributed by atoms with E-state index >= 15 is 0 Å². The second-order valence-corrected chi connectivity index (χ2v) is 10.3. The number of hydrogen-bond acceptors (Lipinski definition) is 6. The van der Waals surface area contributed by atoms with Gasteiger partial charge in [0.05, 0.1) is 21.3 Å². The third-order valence-corrected chi connectivity index (χ3v) is 7.38. The fourth-order valence-corrected chi connectivity index (χ4v) is 5.32. The largest absolute Gasteiger partial charge is 0.457 e. The third-order valence-electron chi connectivity index (χ3n) is 3.78. The van der Waals surface area contributed by atoms with Crippen LogP contribution in [0.4, 0.5) is 8.78 Å². The van der Waals surface area contributed by atoms with E-state index in [4.69, 9.17) is 4.74 Å². The lowest BCUT2D eigenvalue weighted by molar-refractivity contribution is -0.142. The fourth-order valence-electron chi connectivity index (χ4n) is 2.33. The molecule has 0 unspecified atom stereocenters. The minimum absolute atomic E-state index is 0.0478. The van der Waals surface area contributed by atoms with E-state index in [1.165, 1.54) is 6.92 Å². The summed E-state index contributed by atoms with van der Waals surface area (Å²) in [6.45, 7) is 4.70. The Kier molecular flexibility index (Phi) is 6.91. The summed E-state index contributed by atoms with van der Waals surface area (Å²) in [7, 11) is -8.21. The summed E-state index contributed by atoms with van der Waals surface area (Å²) < 4.78 is 81.5. The first-order chi connectivity index (χ1) is 13.4. The van der Waals surface area contributed by atoms with Gasteiger partial charge in [0.15, 0.2) is 19.7 Å². The van der Waals surface area contributed by atoms with E-state index in [1.54, 1.807) is 0 Å². The number of esters is 1. The number of benzene rings is 2. The van der Waals surface area contributed by atoms with Gasteiger partial charge in [0.2, 0.25) is 0 Å². The molecule has 29 heavy (non-hydrogen) atoms. The quantitative estimate of drug-likeness (QED) is 0.353. The summed E-state index contributed by atoms with van der Waals surface area (Å²) in [5.74, 6) is -3.95. The predicted octanol–water partition coefficient (Wildman–Crippen LogP) is 2.70. The fraction of sp³-hybridized carbons (Fsp3) is 0.211. The lowest BCUT2D eigenvalue weighted by atomic mass is 10.3. The van der Waals surface area contributed by atoms with Crippen molar-refractivity contribution in [3.8, 4) is 0 Å². The molecule has 10 heteroatoms. The van der Waals surface area contributed by atoms with Crippen LogP contribution in [0.3, 0.4) is 0 Å². The highest BCUT2D eigenvalue weighted by atomic mass is 32.2. The molecule has 0 N–H and O–H groups in total. The topological polar surface area (TPSA) is 94.6 Å². The van der Waals surface area contributed by atoms with Crippen LogP contribution in [0.1, 0.15) is 6.92 Å². The number of rotatable bonds is 8. The Morgan fingerprint density at radius 1 is 0.862 bits per heavy atom. The molecular formula is C19H18F2O6S2. The van der Waals surface area contributed by atoms with E-state index in [-0.39, 0.29) is 15.4 Å². The zero-order chi connectivity index (χ0) is 21.8. The van der Waals surface area contributed by atoms with E-state index in [2.05, 4.69) is 6.58 Å². The lowest BCUT2D eigenvalue weighted by Crippen LogP contribution is -2.33. The van der Waals surface area contributed by atoms with Gasteiger partial charge < -0.3 is 4.74 Å². The smallest absolute Gasteiger partial charge is 0.333 e. The summed E-state index contributed by atoms with van der Waals surface area (Å²) >= 11 is 0. The molecule has 0 bridgehead atoms. The molecule has 0 aliphatic heterocycles. The molecule has 0 aromatic heterocycles. The molecule has 0 atom stereocenters. The summed E-state index contributed by atoms with van der Waals surface area (Å²) in [4.78, 5) is 11.4. The van der Waals surface area contributed by atoms with Crippen molar-refractivity contribution in [1.29, 1.82) is 0 Å². The van der Waals surface area contributed by atoms with Crippen LogP contribution in [0.5, 0.6) is 0 Å². The van der Waals surface area contributed by atoms with Crippen LogP contribution >= 0.6 is 0 Å². The Bertz CT molecular complexity index is 1030. The van der Waals surface area contributed by atoms with Crippen LogP contribution in [0.25, 0.3) is 0 Å². The summed E-state index contributed by atoms with van der Waals surface area (Å²) in [6.07, 6.45) is -1.57. The second-order valence-electron chi connectivity index (χ2n) is 6.28. The van der Waals surface area contributed by atoms with Crippen molar-refractivity contribution in [2.24, 2.45) is 0 Å². The number of ether oxygens (including phenoxy) is 1. The summed E-state index contributed by atoms with van der Waals surface area (Å²) in [6, 6.07) is 7.86. The third kappa shape index (κ3) is 6.20. The number of carbonyl (C=O) groups excluding carboxylic acids is 1. The lowest BCUT2D eigenvalue weighted by Gasteiger charge is -2.18. The number of halogens is 2. The molecule has 0 saturated heterocycles. The maximum Gasteiger partial charge on any atom is 0.333 e. The first kappa shape index (κ1) is 22.7. The van der Waals surface area contributed by atoms with E-state index in [0.717, 1.165) is 48.5 Å². The van der Waals surface area contributed by atoms with Gasteiger partial charge in [0.25, 0.3) is 0 Å². The van der Waals surface area contributed by atoms with Crippen molar-refractivity contribution in [3.63, 3.8) is 0 Å². The Balaban J connectivity index is 2.33. The van der Waals surface area contributed by atoms with E-state index in [9.17, 15) is 30.4 Å². The van der Waals surface area contributed by atoms with Crippen LogP contribution in [0, 0.1) is 11.6 Å². The van der Waals surface area contributed by atoms with Gasteiger partial charge in [-0.15, -0.1) is 0 Å². The number of hydrogen-bond donors (Lipinski definition) is 0. The van der Waals surface area contributed by atoms with Crippen LogP contribution in [0.15, 0.2) is 70.5 Å². The van der Waals surface area contributed by atoms with Crippen LogP contribution in [-0.2, 0) is 29.2 Å². The average Bonchev–Trinajstić information content (AvgIpc) is 2.61. The van der Waals surface area contributed by atoms with E-state index < -0.39 is 54.9 Å². The molecule has 2 rings (SSSR count). The molecule has 2 aromatic carbocycles. The highest BCUT2D eigenvalue weighted by molar-refractivity contribution is 7.92. The first-order valence-corrected chi connectivity index (χ1v) is 11.5. The number of carbonyl (C=O) groups is 1. The summed E-state index contributed by atoms with van der Waals surface area (Å²) in [5, 5.41) is 0. The van der Waals surface area contributed by atoms with Crippen LogP contribution < -0.4 is 0 Å². The molecule has 0 aliphatic carbocycles. The Morgan fingerprint density at radius 3 is 1.52 bits per heavy atom. The highest BCUT2D eigenvalue weighted by Gasteiger charge is 2.30. The second kappa shape index (κ2) is 8.83. The van der Waals surface area contributed by atoms with Gasteiger partial charge in [-0.2, -0.15) is 0 Å². The molecule has 0 fully saturated rings. The molecular weight excluding hydrogens is 426 g/mol. The molecule has 0 heterocycles. The maximum atomic E-state index is 13.1. The maximum absolute atomic E-state index is 13.1. The molecule has 0 aliphatic rings. The zero-order valence-corrected chi connectivity index (χ0v) is 17.0. The average molecular weight is 444 g/mol. The number of sulfone groups is 2. The van der Waals surface area contributed by atoms with Gasteiger partial charge in [-0.3, -0.25) is 0 Å². The molecule has 0 saturated carbocycles. The minimum atomic E-state index is -4.11. The predicted molar refractivity (Wildman–Crippen MR) is 102 cm³/mol. The van der Waals surface area contributed by atoms with Gasteiger partial charge >= 0.3 is 5.97 Å².